The number of aromatic carboxylic acids is 2. The van der Waals surface area contributed by atoms with Crippen LogP contribution in [0.2, 0.25) is 0 Å². The maximum absolute atomic E-state index is 12.6. The summed E-state index contributed by atoms with van der Waals surface area (Å²) in [4.78, 5) is 35.0. The van der Waals surface area contributed by atoms with Gasteiger partial charge in [0.25, 0.3) is 5.91 Å². The molecular formula is C20H17N5O6. The van der Waals surface area contributed by atoms with Gasteiger partial charge in [-0.1, -0.05) is 6.58 Å². The van der Waals surface area contributed by atoms with E-state index in [2.05, 4.69) is 32.8 Å². The third kappa shape index (κ3) is 4.85. The van der Waals surface area contributed by atoms with E-state index in [-0.39, 0.29) is 16.8 Å². The van der Waals surface area contributed by atoms with Crippen molar-refractivity contribution in [3.63, 3.8) is 0 Å². The molecule has 0 aromatic heterocycles. The molecule has 31 heavy (non-hydrogen) atoms. The molecule has 1 heterocycles. The molecule has 0 saturated carbocycles. The van der Waals surface area contributed by atoms with Crippen LogP contribution >= 0.6 is 0 Å². The van der Waals surface area contributed by atoms with Crippen molar-refractivity contribution in [1.82, 2.24) is 0 Å². The average molecular weight is 423 g/mol. The van der Waals surface area contributed by atoms with Gasteiger partial charge in [-0.25, -0.2) is 9.59 Å². The Bertz CT molecular complexity index is 1150. The Morgan fingerprint density at radius 1 is 0.935 bits per heavy atom. The van der Waals surface area contributed by atoms with E-state index in [4.69, 9.17) is 10.2 Å². The van der Waals surface area contributed by atoms with Gasteiger partial charge in [0, 0.05) is 5.69 Å². The fraction of sp³-hybridized carbons (Fsp3) is 0.0500. The lowest BCUT2D eigenvalue weighted by Crippen LogP contribution is -2.14. The SMILES string of the molecule is C=C1Nc2ccc(NC(=O)C(N=Nc3cc(C(=O)O)cc(C(=O)O)c3)=C(C)O)cc2N1. The van der Waals surface area contributed by atoms with Crippen molar-refractivity contribution in [3.8, 4) is 0 Å². The van der Waals surface area contributed by atoms with E-state index in [0.29, 0.717) is 17.2 Å². The molecule has 158 valence electrons. The Balaban J connectivity index is 1.84. The van der Waals surface area contributed by atoms with Crippen LogP contribution in [-0.2, 0) is 4.79 Å². The van der Waals surface area contributed by atoms with Gasteiger partial charge < -0.3 is 31.3 Å². The third-order valence-electron chi connectivity index (χ3n) is 4.08. The number of aliphatic hydroxyl groups excluding tert-OH is 1. The van der Waals surface area contributed by atoms with Crippen molar-refractivity contribution in [2.45, 2.75) is 6.92 Å². The molecule has 6 N–H and O–H groups in total. The van der Waals surface area contributed by atoms with Crippen LogP contribution in [0, 0.1) is 0 Å². The molecule has 11 nitrogen and oxygen atoms in total. The Morgan fingerprint density at radius 3 is 2.13 bits per heavy atom. The molecule has 0 fully saturated rings. The van der Waals surface area contributed by atoms with Crippen molar-refractivity contribution in [2.24, 2.45) is 10.2 Å². The van der Waals surface area contributed by atoms with E-state index in [1.54, 1.807) is 18.2 Å². The zero-order valence-electron chi connectivity index (χ0n) is 16.1. The summed E-state index contributed by atoms with van der Waals surface area (Å²) < 4.78 is 0. The second-order valence-corrected chi connectivity index (χ2v) is 6.46. The average Bonchev–Trinajstić information content (AvgIpc) is 3.06. The van der Waals surface area contributed by atoms with Crippen LogP contribution in [0.3, 0.4) is 0 Å². The largest absolute Gasteiger partial charge is 0.510 e. The number of nitrogens with zero attached hydrogens (tertiary/aromatic N) is 2. The minimum Gasteiger partial charge on any atom is -0.510 e. The predicted molar refractivity (Wildman–Crippen MR) is 112 cm³/mol. The zero-order chi connectivity index (χ0) is 22.7. The number of anilines is 3. The smallest absolute Gasteiger partial charge is 0.335 e. The number of carboxylic acid groups (broad SMARTS) is 2. The van der Waals surface area contributed by atoms with Crippen LogP contribution in [0.5, 0.6) is 0 Å². The summed E-state index contributed by atoms with van der Waals surface area (Å²) in [6, 6.07) is 8.14. The fourth-order valence-electron chi connectivity index (χ4n) is 2.69. The van der Waals surface area contributed by atoms with Gasteiger partial charge in [-0.15, -0.1) is 5.11 Å². The molecular weight excluding hydrogens is 406 g/mol. The molecule has 2 aromatic rings. The van der Waals surface area contributed by atoms with Crippen LogP contribution in [0.15, 0.2) is 70.5 Å². The van der Waals surface area contributed by atoms with Crippen LogP contribution in [-0.4, -0.2) is 33.2 Å². The number of amides is 1. The van der Waals surface area contributed by atoms with Gasteiger partial charge in [0.15, 0.2) is 5.70 Å². The number of fused-ring (bicyclic) bond motifs is 1. The van der Waals surface area contributed by atoms with Crippen LogP contribution in [0.25, 0.3) is 0 Å². The number of benzene rings is 2. The maximum atomic E-state index is 12.6. The van der Waals surface area contributed by atoms with Gasteiger partial charge >= 0.3 is 11.9 Å². The number of azo groups is 1. The van der Waals surface area contributed by atoms with Crippen LogP contribution < -0.4 is 16.0 Å². The first kappa shape index (κ1) is 21.0. The minimum absolute atomic E-state index is 0.116. The number of aliphatic hydroxyl groups is 1. The fourth-order valence-corrected chi connectivity index (χ4v) is 2.69. The molecule has 0 bridgehead atoms. The van der Waals surface area contributed by atoms with E-state index >= 15 is 0 Å². The second kappa shape index (κ2) is 8.37. The lowest BCUT2D eigenvalue weighted by atomic mass is 10.1. The molecule has 0 atom stereocenters. The molecule has 3 rings (SSSR count). The monoisotopic (exact) mass is 423 g/mol. The summed E-state index contributed by atoms with van der Waals surface area (Å²) in [5.41, 5.74) is 0.703. The van der Waals surface area contributed by atoms with Crippen LogP contribution in [0.4, 0.5) is 22.7 Å². The van der Waals surface area contributed by atoms with Crippen molar-refractivity contribution < 1.29 is 29.7 Å². The van der Waals surface area contributed by atoms with E-state index in [0.717, 1.165) is 23.9 Å². The summed E-state index contributed by atoms with van der Waals surface area (Å²) >= 11 is 0. The molecule has 0 unspecified atom stereocenters. The van der Waals surface area contributed by atoms with Gasteiger partial charge in [0.05, 0.1) is 28.2 Å². The van der Waals surface area contributed by atoms with Crippen molar-refractivity contribution in [1.29, 1.82) is 0 Å². The second-order valence-electron chi connectivity index (χ2n) is 6.46. The summed E-state index contributed by atoms with van der Waals surface area (Å²) in [5.74, 6) is -3.34. The number of hydrogen-bond donors (Lipinski definition) is 6. The number of allylic oxidation sites excluding steroid dienone is 1. The van der Waals surface area contributed by atoms with E-state index in [1.807, 2.05) is 0 Å². The van der Waals surface area contributed by atoms with Gasteiger partial charge in [-0.05, 0) is 43.3 Å². The maximum Gasteiger partial charge on any atom is 0.335 e. The predicted octanol–water partition coefficient (Wildman–Crippen LogP) is 3.90. The number of hydrogen-bond acceptors (Lipinski definition) is 8. The Hall–Kier alpha value is -4.67. The third-order valence-corrected chi connectivity index (χ3v) is 4.08. The molecule has 2 aromatic carbocycles. The molecule has 1 aliphatic rings. The van der Waals surface area contributed by atoms with Gasteiger partial charge in [-0.2, -0.15) is 5.11 Å². The van der Waals surface area contributed by atoms with E-state index in [9.17, 15) is 19.5 Å². The molecule has 0 aliphatic carbocycles. The Morgan fingerprint density at radius 2 is 1.55 bits per heavy atom. The lowest BCUT2D eigenvalue weighted by Gasteiger charge is -2.07. The highest BCUT2D eigenvalue weighted by molar-refractivity contribution is 6.04. The summed E-state index contributed by atoms with van der Waals surface area (Å²) in [6.45, 7) is 4.97. The first-order chi connectivity index (χ1) is 14.6. The molecule has 1 amide bonds. The van der Waals surface area contributed by atoms with Gasteiger partial charge in [0.2, 0.25) is 0 Å². The first-order valence-corrected chi connectivity index (χ1v) is 8.75. The van der Waals surface area contributed by atoms with Crippen molar-refractivity contribution in [2.75, 3.05) is 16.0 Å². The topological polar surface area (TPSA) is 173 Å². The molecule has 1 aliphatic heterocycles. The molecule has 11 heteroatoms. The number of rotatable bonds is 6. The van der Waals surface area contributed by atoms with E-state index in [1.165, 1.54) is 6.92 Å². The number of nitrogens with one attached hydrogen (secondary N) is 3. The van der Waals surface area contributed by atoms with Crippen LogP contribution in [0.1, 0.15) is 27.6 Å². The molecule has 0 spiro atoms. The standard InChI is InChI=1S/C20H17N5O6/c1-9(26)17(18(27)23-13-3-4-15-16(8-13)22-10(2)21-15)25-24-14-6-11(19(28)29)5-12(7-14)20(30)31/h3-8,21-22,26H,2H2,1H3,(H,23,27)(H,28,29)(H,30,31). The number of carbonyl (C=O) groups excluding carboxylic acids is 1. The highest BCUT2D eigenvalue weighted by atomic mass is 16.4. The zero-order valence-corrected chi connectivity index (χ0v) is 16.1. The van der Waals surface area contributed by atoms with E-state index < -0.39 is 29.3 Å². The highest BCUT2D eigenvalue weighted by Crippen LogP contribution is 2.32. The van der Waals surface area contributed by atoms with Crippen molar-refractivity contribution >= 4 is 40.6 Å². The number of carboxylic acids is 2. The van der Waals surface area contributed by atoms with Gasteiger partial charge in [-0.3, -0.25) is 4.79 Å². The highest BCUT2D eigenvalue weighted by Gasteiger charge is 2.17. The normalized spacial score (nSPS) is 13.1. The lowest BCUT2D eigenvalue weighted by molar-refractivity contribution is -0.113. The summed E-state index contributed by atoms with van der Waals surface area (Å²) in [6.07, 6.45) is 0. The van der Waals surface area contributed by atoms with Gasteiger partial charge in [0.1, 0.15) is 11.6 Å². The Labute approximate surface area is 175 Å². The molecule has 0 saturated heterocycles. The molecule has 0 radical (unpaired) electrons. The quantitative estimate of drug-likeness (QED) is 0.230. The first-order valence-electron chi connectivity index (χ1n) is 8.75. The minimum atomic E-state index is -1.35. The summed E-state index contributed by atoms with van der Waals surface area (Å²) in [7, 11) is 0. The Kier molecular flexibility index (Phi) is 5.68. The summed E-state index contributed by atoms with van der Waals surface area (Å²) in [5, 5.41) is 44.1. The van der Waals surface area contributed by atoms with Crippen molar-refractivity contribution in [3.05, 3.63) is 71.4 Å². The number of carbonyl (C=O) groups is 3.